The summed E-state index contributed by atoms with van der Waals surface area (Å²) in [4.78, 5) is 107. The van der Waals surface area contributed by atoms with Crippen molar-refractivity contribution in [3.63, 3.8) is 0 Å². The maximum absolute atomic E-state index is 14.5. The zero-order valence-corrected chi connectivity index (χ0v) is 43.5. The highest BCUT2D eigenvalue weighted by Gasteiger charge is 2.44. The first-order valence-electron chi connectivity index (χ1n) is 25.7. The van der Waals surface area contributed by atoms with Gasteiger partial charge in [-0.3, -0.25) is 38.5 Å². The van der Waals surface area contributed by atoms with Gasteiger partial charge in [-0.05, 0) is 54.9 Å². The van der Waals surface area contributed by atoms with E-state index in [0.29, 0.717) is 57.4 Å². The highest BCUT2D eigenvalue weighted by molar-refractivity contribution is 6.12. The lowest BCUT2D eigenvalue weighted by Gasteiger charge is -2.41. The second kappa shape index (κ2) is 26.0. The van der Waals surface area contributed by atoms with Crippen molar-refractivity contribution in [1.82, 2.24) is 35.1 Å². The minimum atomic E-state index is -0.950. The summed E-state index contributed by atoms with van der Waals surface area (Å²) in [7, 11) is 6.93. The van der Waals surface area contributed by atoms with Crippen LogP contribution in [0.3, 0.4) is 0 Å². The number of hydrogen-bond donors (Lipinski definition) is 3. The number of carbonyl (C=O) groups is 7. The van der Waals surface area contributed by atoms with Crippen LogP contribution in [0.15, 0.2) is 71.7 Å². The van der Waals surface area contributed by atoms with Crippen molar-refractivity contribution in [2.75, 3.05) is 66.4 Å². The van der Waals surface area contributed by atoms with Crippen LogP contribution in [0.5, 0.6) is 0 Å². The number of anilines is 1. The molecule has 1 unspecified atom stereocenters. The Balaban J connectivity index is 1.05. The molecule has 4 heterocycles. The number of carbonyl (C=O) groups excluding carboxylic acids is 7. The van der Waals surface area contributed by atoms with Gasteiger partial charge < -0.3 is 45.0 Å². The van der Waals surface area contributed by atoms with E-state index < -0.39 is 54.1 Å². The number of nitrogens with one attached hydrogen (secondary N) is 3. The van der Waals surface area contributed by atoms with Crippen LogP contribution < -0.4 is 16.0 Å². The van der Waals surface area contributed by atoms with Crippen LogP contribution in [-0.4, -0.2) is 169 Å². The normalized spacial score (nSPS) is 21.1. The van der Waals surface area contributed by atoms with Gasteiger partial charge in [-0.25, -0.2) is 4.99 Å². The van der Waals surface area contributed by atoms with E-state index in [-0.39, 0.29) is 54.2 Å². The van der Waals surface area contributed by atoms with E-state index in [1.165, 1.54) is 17.1 Å². The zero-order chi connectivity index (χ0) is 52.1. The molecule has 0 aromatic heterocycles. The number of likely N-dealkylation sites (N-methyl/N-ethyl adjacent to an activating group) is 2. The Bertz CT molecular complexity index is 2260. The Morgan fingerprint density at radius 2 is 1.58 bits per heavy atom. The SMILES string of the molecule is CC[C@H](C)[C@@H]([C@@H](CC(=O)N1CCC[C@H]1[C@H](OC)[C@@H](C)C(=O)N[C@@H](Cc1ccccc1)C(=O)Nc1ccc(CNC(=O)CCCCCN2C(=O)C=CC2=O)cc1)OC)N(C)C(=O)[C@H]1N=C2N(C)CCN2CC1C. The summed E-state index contributed by atoms with van der Waals surface area (Å²) in [6, 6.07) is 14.2. The number of rotatable bonds is 25. The lowest BCUT2D eigenvalue weighted by Crippen LogP contribution is -2.56. The molecule has 4 aliphatic heterocycles. The quantitative estimate of drug-likeness (QED) is 0.0960. The van der Waals surface area contributed by atoms with E-state index in [2.05, 4.69) is 46.5 Å². The molecule has 18 heteroatoms. The number of amides is 7. The Morgan fingerprint density at radius 1 is 0.875 bits per heavy atom. The number of nitrogens with zero attached hydrogens (tertiary/aromatic N) is 6. The first-order valence-corrected chi connectivity index (χ1v) is 25.7. The van der Waals surface area contributed by atoms with Crippen LogP contribution >= 0.6 is 0 Å². The molecule has 2 fully saturated rings. The van der Waals surface area contributed by atoms with Gasteiger partial charge in [0.05, 0.1) is 36.6 Å². The third-order valence-corrected chi connectivity index (χ3v) is 15.0. The van der Waals surface area contributed by atoms with Crippen LogP contribution in [0.25, 0.3) is 0 Å². The lowest BCUT2D eigenvalue weighted by atomic mass is 9.89. The third kappa shape index (κ3) is 13.9. The van der Waals surface area contributed by atoms with E-state index in [4.69, 9.17) is 14.5 Å². The summed E-state index contributed by atoms with van der Waals surface area (Å²) < 4.78 is 12.2. The first-order chi connectivity index (χ1) is 34.5. The Labute approximate surface area is 425 Å². The zero-order valence-electron chi connectivity index (χ0n) is 43.5. The first kappa shape index (κ1) is 55.2. The monoisotopic (exact) mass is 996 g/mol. The van der Waals surface area contributed by atoms with Crippen molar-refractivity contribution in [2.24, 2.45) is 22.7 Å². The topological polar surface area (TPSA) is 203 Å². The highest BCUT2D eigenvalue weighted by Crippen LogP contribution is 2.31. The van der Waals surface area contributed by atoms with E-state index >= 15 is 0 Å². The summed E-state index contributed by atoms with van der Waals surface area (Å²) in [6.07, 6.45) is 5.87. The summed E-state index contributed by atoms with van der Waals surface area (Å²) in [5.41, 5.74) is 2.20. The molecule has 2 saturated heterocycles. The van der Waals surface area contributed by atoms with Crippen molar-refractivity contribution < 1.29 is 43.0 Å². The number of fused-ring (bicyclic) bond motifs is 1. The van der Waals surface area contributed by atoms with E-state index in [1.807, 2.05) is 49.5 Å². The molecule has 0 saturated carbocycles. The predicted octanol–water partition coefficient (Wildman–Crippen LogP) is 4.00. The number of unbranched alkanes of at least 4 members (excludes halogenated alkanes) is 2. The average Bonchev–Trinajstić information content (AvgIpc) is 4.10. The third-order valence-electron chi connectivity index (χ3n) is 15.0. The molecule has 392 valence electrons. The van der Waals surface area contributed by atoms with Gasteiger partial charge in [0.15, 0.2) is 5.96 Å². The Kier molecular flexibility index (Phi) is 19.9. The van der Waals surface area contributed by atoms with E-state index in [1.54, 1.807) is 50.1 Å². The molecule has 4 aliphatic rings. The van der Waals surface area contributed by atoms with Crippen molar-refractivity contribution in [1.29, 1.82) is 0 Å². The van der Waals surface area contributed by atoms with Gasteiger partial charge in [-0.2, -0.15) is 0 Å². The Morgan fingerprint density at radius 3 is 2.25 bits per heavy atom. The molecule has 18 nitrogen and oxygen atoms in total. The predicted molar refractivity (Wildman–Crippen MR) is 274 cm³/mol. The second-order valence-electron chi connectivity index (χ2n) is 20.0. The molecule has 9 atom stereocenters. The fourth-order valence-electron chi connectivity index (χ4n) is 10.5. The maximum Gasteiger partial charge on any atom is 0.253 e. The minimum absolute atomic E-state index is 0.0147. The highest BCUT2D eigenvalue weighted by atomic mass is 16.5. The van der Waals surface area contributed by atoms with Crippen molar-refractivity contribution in [2.45, 2.75) is 128 Å². The van der Waals surface area contributed by atoms with Crippen LogP contribution in [0.1, 0.15) is 90.2 Å². The average molecular weight is 996 g/mol. The molecule has 6 rings (SSSR count). The molecule has 7 amide bonds. The fourth-order valence-corrected chi connectivity index (χ4v) is 10.5. The van der Waals surface area contributed by atoms with Gasteiger partial charge in [0.2, 0.25) is 29.5 Å². The maximum atomic E-state index is 14.5. The van der Waals surface area contributed by atoms with Crippen LogP contribution in [0.4, 0.5) is 5.69 Å². The number of aliphatic imine (C=N–C) groups is 1. The number of methoxy groups -OCH3 is 2. The fraction of sp³-hybridized carbons (Fsp3) is 0.593. The standard InChI is InChI=1S/C54H77N9O9/c1-9-35(2)49(60(6)53(70)48-36(3)34-61-30-29-59(5)54(61)58-48)43(71-7)32-47(67)62-28-16-19-42(62)50(72-8)37(4)51(68)57-41(31-38-17-12-10-13-18-38)52(69)56-40-23-21-39(22-24-40)33-55-44(64)20-14-11-15-27-63-45(65)25-26-46(63)66/h10,12-13,17-18,21-26,35-37,41-43,48-50H,9,11,14-16,19-20,27-34H2,1-8H3,(H,55,64)(H,56,69)(H,57,68)/t35-,36?,37+,41-,42-,43+,48-,49-,50+/m0/s1. The lowest BCUT2D eigenvalue weighted by molar-refractivity contribution is -0.147. The van der Waals surface area contributed by atoms with Crippen LogP contribution in [-0.2, 0) is 56.0 Å². The molecule has 2 aromatic rings. The molecule has 2 aromatic carbocycles. The molecule has 0 bridgehead atoms. The van der Waals surface area contributed by atoms with Gasteiger partial charge in [0.25, 0.3) is 11.8 Å². The minimum Gasteiger partial charge on any atom is -0.379 e. The molecule has 0 aliphatic carbocycles. The van der Waals surface area contributed by atoms with Gasteiger partial charge in [-0.1, -0.05) is 83.0 Å². The number of likely N-dealkylation sites (tertiary alicyclic amines) is 1. The number of benzene rings is 2. The van der Waals surface area contributed by atoms with Crippen LogP contribution in [0.2, 0.25) is 0 Å². The van der Waals surface area contributed by atoms with Gasteiger partial charge in [0.1, 0.15) is 12.1 Å². The summed E-state index contributed by atoms with van der Waals surface area (Å²) in [5, 5.41) is 8.88. The van der Waals surface area contributed by atoms with Crippen molar-refractivity contribution in [3.05, 3.63) is 77.9 Å². The second-order valence-corrected chi connectivity index (χ2v) is 20.0. The molecular weight excluding hydrogens is 919 g/mol. The molecule has 0 radical (unpaired) electrons. The van der Waals surface area contributed by atoms with Gasteiger partial charge in [0, 0.05) is 104 Å². The number of hydrogen-bond acceptors (Lipinski definition) is 12. The van der Waals surface area contributed by atoms with E-state index in [0.717, 1.165) is 49.6 Å². The van der Waals surface area contributed by atoms with Crippen molar-refractivity contribution >= 4 is 53.0 Å². The smallest absolute Gasteiger partial charge is 0.253 e. The summed E-state index contributed by atoms with van der Waals surface area (Å²) >= 11 is 0. The van der Waals surface area contributed by atoms with Crippen molar-refractivity contribution in [3.8, 4) is 0 Å². The Hall–Kier alpha value is -6.14. The summed E-state index contributed by atoms with van der Waals surface area (Å²) in [5.74, 6) is -1.62. The molecule has 3 N–H and O–H groups in total. The van der Waals surface area contributed by atoms with Gasteiger partial charge >= 0.3 is 0 Å². The molecular formula is C54H77N9O9. The summed E-state index contributed by atoms with van der Waals surface area (Å²) in [6.45, 7) is 11.6. The largest absolute Gasteiger partial charge is 0.379 e. The van der Waals surface area contributed by atoms with Gasteiger partial charge in [-0.15, -0.1) is 0 Å². The number of imide groups is 1. The molecule has 0 spiro atoms. The number of guanidine groups is 1. The van der Waals surface area contributed by atoms with E-state index in [9.17, 15) is 33.6 Å². The molecule has 72 heavy (non-hydrogen) atoms. The van der Waals surface area contributed by atoms with Crippen LogP contribution in [0, 0.1) is 17.8 Å². The number of ether oxygens (including phenoxy) is 2.